The molecule has 0 spiro atoms. The van der Waals surface area contributed by atoms with Gasteiger partial charge in [-0.05, 0) is 73.7 Å². The van der Waals surface area contributed by atoms with Crippen molar-refractivity contribution in [2.75, 3.05) is 0 Å². The lowest BCUT2D eigenvalue weighted by Crippen LogP contribution is -2.26. The molecular formula is C23H20F4N2O. The standard InChI is InChI=1S/C23H20F4N2O/c1-12-3-7-18(14-4-6-17(24)13(2)9-14)29-22(12)19-8-5-16-20(28-19)10-15(11-21(16)30)23(25,26)27/h3-4,6-7,9-10,21,30H,5,8,11H2,1-2H3. The maximum atomic E-state index is 13.6. The van der Waals surface area contributed by atoms with Crippen LogP contribution in [0.1, 0.15) is 36.1 Å². The fourth-order valence-electron chi connectivity index (χ4n) is 3.83. The first-order valence-electron chi connectivity index (χ1n) is 9.64. The molecule has 1 aliphatic heterocycles. The molecule has 7 heteroatoms. The van der Waals surface area contributed by atoms with Gasteiger partial charge in [0.15, 0.2) is 0 Å². The number of alkyl halides is 3. The molecule has 4 rings (SSSR count). The van der Waals surface area contributed by atoms with Crippen LogP contribution in [-0.2, 0) is 0 Å². The fourth-order valence-corrected chi connectivity index (χ4v) is 3.83. The quantitative estimate of drug-likeness (QED) is 0.649. The number of nitrogens with zero attached hydrogens (tertiary/aromatic N) is 2. The van der Waals surface area contributed by atoms with E-state index in [4.69, 9.17) is 0 Å². The Bertz CT molecular complexity index is 1110. The minimum Gasteiger partial charge on any atom is -0.388 e. The fraction of sp³-hybridized carbons (Fsp3) is 0.304. The summed E-state index contributed by atoms with van der Waals surface area (Å²) in [6.07, 6.45) is -4.17. The summed E-state index contributed by atoms with van der Waals surface area (Å²) in [4.78, 5) is 9.13. The SMILES string of the molecule is Cc1cc(-c2ccc(C)c(C3=NC4=C(CC3)C(O)CC(C(F)(F)F)=C4)n2)ccc1F. The zero-order valence-corrected chi connectivity index (χ0v) is 16.5. The average molecular weight is 416 g/mol. The topological polar surface area (TPSA) is 45.5 Å². The van der Waals surface area contributed by atoms with Gasteiger partial charge in [-0.1, -0.05) is 6.07 Å². The largest absolute Gasteiger partial charge is 0.412 e. The molecule has 30 heavy (non-hydrogen) atoms. The molecule has 0 bridgehead atoms. The molecule has 1 unspecified atom stereocenters. The number of rotatable bonds is 2. The Hall–Kier alpha value is -2.80. The van der Waals surface area contributed by atoms with Gasteiger partial charge in [-0.2, -0.15) is 13.2 Å². The highest BCUT2D eigenvalue weighted by Crippen LogP contribution is 2.39. The molecule has 1 aliphatic carbocycles. The third-order valence-electron chi connectivity index (χ3n) is 5.53. The number of aromatic nitrogens is 1. The molecule has 3 nitrogen and oxygen atoms in total. The predicted molar refractivity (Wildman–Crippen MR) is 107 cm³/mol. The lowest BCUT2D eigenvalue weighted by molar-refractivity contribution is -0.0969. The van der Waals surface area contributed by atoms with Gasteiger partial charge >= 0.3 is 6.18 Å². The van der Waals surface area contributed by atoms with Crippen molar-refractivity contribution in [1.29, 1.82) is 0 Å². The van der Waals surface area contributed by atoms with Crippen LogP contribution in [-0.4, -0.2) is 28.1 Å². The number of hydrogen-bond donors (Lipinski definition) is 1. The Morgan fingerprint density at radius 1 is 1.03 bits per heavy atom. The molecule has 1 aromatic carbocycles. The van der Waals surface area contributed by atoms with Crippen molar-refractivity contribution >= 4 is 5.71 Å². The van der Waals surface area contributed by atoms with E-state index in [0.29, 0.717) is 41.1 Å². The molecule has 2 heterocycles. The zero-order valence-electron chi connectivity index (χ0n) is 16.5. The van der Waals surface area contributed by atoms with Gasteiger partial charge in [0, 0.05) is 17.6 Å². The van der Waals surface area contributed by atoms with Crippen LogP contribution < -0.4 is 0 Å². The van der Waals surface area contributed by atoms with Crippen molar-refractivity contribution in [3.8, 4) is 11.3 Å². The molecule has 1 atom stereocenters. The van der Waals surface area contributed by atoms with E-state index in [1.54, 1.807) is 19.1 Å². The van der Waals surface area contributed by atoms with E-state index in [-0.39, 0.29) is 11.5 Å². The molecule has 156 valence electrons. The van der Waals surface area contributed by atoms with Crippen molar-refractivity contribution in [3.05, 3.63) is 75.9 Å². The van der Waals surface area contributed by atoms with Gasteiger partial charge in [-0.3, -0.25) is 4.99 Å². The van der Waals surface area contributed by atoms with E-state index in [1.165, 1.54) is 6.07 Å². The van der Waals surface area contributed by atoms with Crippen molar-refractivity contribution in [1.82, 2.24) is 4.98 Å². The Morgan fingerprint density at radius 3 is 2.50 bits per heavy atom. The predicted octanol–water partition coefficient (Wildman–Crippen LogP) is 5.59. The van der Waals surface area contributed by atoms with Crippen LogP contribution in [0.15, 0.2) is 58.2 Å². The Kier molecular flexibility index (Phi) is 5.10. The monoisotopic (exact) mass is 416 g/mol. The summed E-state index contributed by atoms with van der Waals surface area (Å²) in [7, 11) is 0. The first-order valence-corrected chi connectivity index (χ1v) is 9.64. The summed E-state index contributed by atoms with van der Waals surface area (Å²) in [6.45, 7) is 3.53. The van der Waals surface area contributed by atoms with E-state index < -0.39 is 24.3 Å². The van der Waals surface area contributed by atoms with Gasteiger partial charge in [0.1, 0.15) is 5.82 Å². The molecule has 0 amide bonds. The summed E-state index contributed by atoms with van der Waals surface area (Å²) in [6, 6.07) is 8.42. The Morgan fingerprint density at radius 2 is 1.80 bits per heavy atom. The van der Waals surface area contributed by atoms with Gasteiger partial charge in [0.05, 0.1) is 28.9 Å². The maximum Gasteiger partial charge on any atom is 0.412 e. The summed E-state index contributed by atoms with van der Waals surface area (Å²) in [5.41, 5.74) is 3.84. The third kappa shape index (κ3) is 3.81. The first-order chi connectivity index (χ1) is 14.1. The molecule has 1 aromatic heterocycles. The molecule has 0 saturated carbocycles. The number of aryl methyl sites for hydroxylation is 2. The smallest absolute Gasteiger partial charge is 0.388 e. The first kappa shape index (κ1) is 20.5. The number of benzene rings is 1. The lowest BCUT2D eigenvalue weighted by atomic mass is 9.87. The van der Waals surface area contributed by atoms with Crippen LogP contribution in [0, 0.1) is 19.7 Å². The normalized spacial score (nSPS) is 19.4. The molecule has 0 fully saturated rings. The van der Waals surface area contributed by atoms with Crippen molar-refractivity contribution in [2.24, 2.45) is 4.99 Å². The van der Waals surface area contributed by atoms with E-state index in [2.05, 4.69) is 9.98 Å². The van der Waals surface area contributed by atoms with Crippen LogP contribution in [0.5, 0.6) is 0 Å². The number of pyridine rings is 1. The van der Waals surface area contributed by atoms with Crippen LogP contribution in [0.3, 0.4) is 0 Å². The van der Waals surface area contributed by atoms with Crippen molar-refractivity contribution in [3.63, 3.8) is 0 Å². The molecule has 0 radical (unpaired) electrons. The molecular weight excluding hydrogens is 396 g/mol. The van der Waals surface area contributed by atoms with E-state index >= 15 is 0 Å². The van der Waals surface area contributed by atoms with Gasteiger partial charge in [-0.25, -0.2) is 9.37 Å². The van der Waals surface area contributed by atoms with Gasteiger partial charge < -0.3 is 5.11 Å². The Balaban J connectivity index is 1.76. The Labute approximate surface area is 171 Å². The summed E-state index contributed by atoms with van der Waals surface area (Å²) < 4.78 is 53.1. The number of hydrogen-bond acceptors (Lipinski definition) is 3. The minimum atomic E-state index is -4.50. The lowest BCUT2D eigenvalue weighted by Gasteiger charge is -2.28. The van der Waals surface area contributed by atoms with Gasteiger partial charge in [0.25, 0.3) is 0 Å². The molecule has 0 saturated heterocycles. The zero-order chi connectivity index (χ0) is 21.6. The summed E-state index contributed by atoms with van der Waals surface area (Å²) in [5, 5.41) is 10.2. The van der Waals surface area contributed by atoms with Crippen LogP contribution in [0.2, 0.25) is 0 Å². The van der Waals surface area contributed by atoms with Crippen LogP contribution >= 0.6 is 0 Å². The van der Waals surface area contributed by atoms with Gasteiger partial charge in [0.2, 0.25) is 0 Å². The van der Waals surface area contributed by atoms with E-state index in [0.717, 1.165) is 17.2 Å². The van der Waals surface area contributed by atoms with Crippen LogP contribution in [0.25, 0.3) is 11.3 Å². The highest BCUT2D eigenvalue weighted by atomic mass is 19.4. The summed E-state index contributed by atoms with van der Waals surface area (Å²) >= 11 is 0. The van der Waals surface area contributed by atoms with E-state index in [1.807, 2.05) is 19.1 Å². The van der Waals surface area contributed by atoms with Crippen molar-refractivity contribution < 1.29 is 22.7 Å². The number of aliphatic hydroxyl groups excluding tert-OH is 1. The second kappa shape index (κ2) is 7.47. The van der Waals surface area contributed by atoms with E-state index in [9.17, 15) is 22.7 Å². The second-order valence-electron chi connectivity index (χ2n) is 7.68. The minimum absolute atomic E-state index is 0.173. The number of aliphatic imine (C=N–C) groups is 1. The maximum absolute atomic E-state index is 13.6. The molecule has 2 aliphatic rings. The third-order valence-corrected chi connectivity index (χ3v) is 5.53. The number of allylic oxidation sites excluding steroid dienone is 1. The molecule has 1 N–H and O–H groups in total. The average Bonchev–Trinajstić information content (AvgIpc) is 2.69. The highest BCUT2D eigenvalue weighted by Gasteiger charge is 2.39. The number of halogens is 4. The molecule has 2 aromatic rings. The van der Waals surface area contributed by atoms with Gasteiger partial charge in [-0.15, -0.1) is 0 Å². The van der Waals surface area contributed by atoms with Crippen molar-refractivity contribution in [2.45, 2.75) is 45.4 Å². The highest BCUT2D eigenvalue weighted by molar-refractivity contribution is 6.02. The number of aliphatic hydroxyl groups is 1. The summed E-state index contributed by atoms with van der Waals surface area (Å²) in [5.74, 6) is -0.301. The van der Waals surface area contributed by atoms with Crippen LogP contribution in [0.4, 0.5) is 17.6 Å². The second-order valence-corrected chi connectivity index (χ2v) is 7.68.